The van der Waals surface area contributed by atoms with Crippen molar-refractivity contribution in [2.75, 3.05) is 0 Å². The number of fused-ring (bicyclic) bond motifs is 1. The Labute approximate surface area is 212 Å². The van der Waals surface area contributed by atoms with Gasteiger partial charge >= 0.3 is 0 Å². The Kier molecular flexibility index (Phi) is 5.61. The number of carbonyl (C=O) groups is 1. The topological polar surface area (TPSA) is 66.2 Å². The van der Waals surface area contributed by atoms with Crippen LogP contribution < -0.4 is 4.74 Å². The average Bonchev–Trinajstić information content (AvgIpc) is 3.08. The van der Waals surface area contributed by atoms with Crippen LogP contribution in [0.3, 0.4) is 0 Å². The van der Waals surface area contributed by atoms with Gasteiger partial charge in [-0.3, -0.25) is 4.79 Å². The lowest BCUT2D eigenvalue weighted by Gasteiger charge is -2.65. The van der Waals surface area contributed by atoms with Gasteiger partial charge in [0.15, 0.2) is 0 Å². The van der Waals surface area contributed by atoms with Crippen molar-refractivity contribution in [1.82, 2.24) is 9.88 Å². The molecule has 2 heterocycles. The Morgan fingerprint density at radius 1 is 1.14 bits per heavy atom. The molecule has 2 fully saturated rings. The number of nitriles is 1. The SMILES string of the molecule is CC1CC(C#Cc2ccc3c(n2)CN(C2C(C)(C)C(Oc4ccc(C#N)c(Cl)c4)C2(C)C)C3=O)C1. The first-order valence-corrected chi connectivity index (χ1v) is 12.6. The van der Waals surface area contributed by atoms with Gasteiger partial charge in [-0.05, 0) is 48.9 Å². The zero-order chi connectivity index (χ0) is 25.1. The minimum Gasteiger partial charge on any atom is -0.489 e. The largest absolute Gasteiger partial charge is 0.489 e. The van der Waals surface area contributed by atoms with E-state index in [-0.39, 0.29) is 28.9 Å². The minimum absolute atomic E-state index is 0.0193. The van der Waals surface area contributed by atoms with Crippen LogP contribution in [-0.2, 0) is 6.54 Å². The van der Waals surface area contributed by atoms with Crippen LogP contribution in [0.25, 0.3) is 0 Å². The summed E-state index contributed by atoms with van der Waals surface area (Å²) in [7, 11) is 0. The zero-order valence-electron chi connectivity index (χ0n) is 20.9. The summed E-state index contributed by atoms with van der Waals surface area (Å²) in [5, 5.41) is 9.51. The number of benzene rings is 1. The number of hydrogen-bond donors (Lipinski definition) is 0. The van der Waals surface area contributed by atoms with Crippen molar-refractivity contribution in [3.05, 3.63) is 57.9 Å². The van der Waals surface area contributed by atoms with E-state index >= 15 is 0 Å². The van der Waals surface area contributed by atoms with Crippen LogP contribution in [0.2, 0.25) is 5.02 Å². The third-order valence-electron chi connectivity index (χ3n) is 7.95. The van der Waals surface area contributed by atoms with Crippen molar-refractivity contribution in [2.45, 2.75) is 66.2 Å². The van der Waals surface area contributed by atoms with Gasteiger partial charge in [0.1, 0.15) is 23.6 Å². The summed E-state index contributed by atoms with van der Waals surface area (Å²) in [6, 6.07) is 10.9. The molecule has 1 aromatic carbocycles. The number of pyridine rings is 1. The molecule has 3 aliphatic rings. The van der Waals surface area contributed by atoms with E-state index in [0.29, 0.717) is 34.4 Å². The molecule has 2 aromatic rings. The predicted octanol–water partition coefficient (Wildman–Crippen LogP) is 5.84. The van der Waals surface area contributed by atoms with Crippen LogP contribution in [0.5, 0.6) is 5.75 Å². The first-order chi connectivity index (χ1) is 16.5. The van der Waals surface area contributed by atoms with Gasteiger partial charge in [-0.1, -0.05) is 52.1 Å². The van der Waals surface area contributed by atoms with E-state index in [1.165, 1.54) is 0 Å². The summed E-state index contributed by atoms with van der Waals surface area (Å²) in [4.78, 5) is 20.1. The zero-order valence-corrected chi connectivity index (χ0v) is 21.6. The van der Waals surface area contributed by atoms with Crippen molar-refractivity contribution in [3.63, 3.8) is 0 Å². The molecular weight excluding hydrogens is 458 g/mol. The average molecular weight is 488 g/mol. The molecule has 35 heavy (non-hydrogen) atoms. The van der Waals surface area contributed by atoms with Gasteiger partial charge in [0.05, 0.1) is 28.4 Å². The number of amides is 1. The van der Waals surface area contributed by atoms with Gasteiger partial charge in [-0.2, -0.15) is 5.26 Å². The standard InChI is InChI=1S/C29H30ClN3O2/c1-17-12-18(13-17)6-8-20-9-11-22-24(32-20)16-33(25(22)34)26-28(2,3)27(29(26,4)5)35-21-10-7-19(15-31)23(30)14-21/h7,9-11,14,17-18,26-27H,12-13,16H2,1-5H3. The highest BCUT2D eigenvalue weighted by Crippen LogP contribution is 2.59. The number of rotatable bonds is 3. The maximum absolute atomic E-state index is 13.4. The number of hydrogen-bond acceptors (Lipinski definition) is 4. The van der Waals surface area contributed by atoms with Crippen LogP contribution in [0.1, 0.15) is 74.8 Å². The lowest BCUT2D eigenvalue weighted by Crippen LogP contribution is -2.74. The summed E-state index contributed by atoms with van der Waals surface area (Å²) in [6.07, 6.45) is 2.18. The van der Waals surface area contributed by atoms with E-state index in [1.807, 2.05) is 17.0 Å². The van der Waals surface area contributed by atoms with Crippen molar-refractivity contribution in [3.8, 4) is 23.7 Å². The molecule has 1 amide bonds. The maximum Gasteiger partial charge on any atom is 0.256 e. The van der Waals surface area contributed by atoms with Gasteiger partial charge in [-0.15, -0.1) is 0 Å². The van der Waals surface area contributed by atoms with Crippen LogP contribution in [0.15, 0.2) is 30.3 Å². The number of halogens is 1. The molecule has 0 bridgehead atoms. The van der Waals surface area contributed by atoms with Gasteiger partial charge in [0, 0.05) is 28.9 Å². The van der Waals surface area contributed by atoms with Crippen LogP contribution in [0.4, 0.5) is 0 Å². The fourth-order valence-electron chi connectivity index (χ4n) is 6.69. The third-order valence-corrected chi connectivity index (χ3v) is 8.26. The highest BCUT2D eigenvalue weighted by Gasteiger charge is 2.67. The number of ether oxygens (including phenoxy) is 1. The van der Waals surface area contributed by atoms with Gasteiger partial charge < -0.3 is 9.64 Å². The van der Waals surface area contributed by atoms with Crippen LogP contribution >= 0.6 is 11.6 Å². The molecule has 180 valence electrons. The van der Waals surface area contributed by atoms with Crippen LogP contribution in [-0.4, -0.2) is 27.9 Å². The Morgan fingerprint density at radius 3 is 2.49 bits per heavy atom. The number of aromatic nitrogens is 1. The fraction of sp³-hybridized carbons (Fsp3) is 0.483. The number of nitrogens with zero attached hydrogens (tertiary/aromatic N) is 3. The molecule has 2 aliphatic carbocycles. The fourth-order valence-corrected chi connectivity index (χ4v) is 6.90. The lowest BCUT2D eigenvalue weighted by atomic mass is 9.49. The highest BCUT2D eigenvalue weighted by atomic mass is 35.5. The lowest BCUT2D eigenvalue weighted by molar-refractivity contribution is -0.199. The molecule has 2 saturated carbocycles. The summed E-state index contributed by atoms with van der Waals surface area (Å²) in [5.74, 6) is 8.44. The highest BCUT2D eigenvalue weighted by molar-refractivity contribution is 6.31. The van der Waals surface area contributed by atoms with Gasteiger partial charge in [-0.25, -0.2) is 4.98 Å². The molecule has 0 N–H and O–H groups in total. The van der Waals surface area contributed by atoms with Crippen molar-refractivity contribution in [1.29, 1.82) is 5.26 Å². The van der Waals surface area contributed by atoms with E-state index in [0.717, 1.165) is 30.1 Å². The Bertz CT molecular complexity index is 1290. The Hall–Kier alpha value is -3.02. The Morgan fingerprint density at radius 2 is 1.86 bits per heavy atom. The van der Waals surface area contributed by atoms with Crippen LogP contribution in [0, 0.1) is 45.8 Å². The second-order valence-electron chi connectivity index (χ2n) is 11.5. The summed E-state index contributed by atoms with van der Waals surface area (Å²) < 4.78 is 6.39. The van der Waals surface area contributed by atoms with Gasteiger partial charge in [0.2, 0.25) is 0 Å². The molecule has 1 aliphatic heterocycles. The second kappa shape index (κ2) is 8.28. The monoisotopic (exact) mass is 487 g/mol. The van der Waals surface area contributed by atoms with Crippen molar-refractivity contribution < 1.29 is 9.53 Å². The molecule has 6 heteroatoms. The summed E-state index contributed by atoms with van der Waals surface area (Å²) in [5.41, 5.74) is 2.03. The molecule has 0 unspecified atom stereocenters. The summed E-state index contributed by atoms with van der Waals surface area (Å²) >= 11 is 6.22. The molecule has 0 spiro atoms. The molecule has 1 aromatic heterocycles. The van der Waals surface area contributed by atoms with Crippen molar-refractivity contribution >= 4 is 17.5 Å². The van der Waals surface area contributed by atoms with Crippen molar-refractivity contribution in [2.24, 2.45) is 22.7 Å². The molecule has 0 radical (unpaired) electrons. The van der Waals surface area contributed by atoms with E-state index in [2.05, 4.69) is 52.5 Å². The second-order valence-corrected chi connectivity index (χ2v) is 11.9. The van der Waals surface area contributed by atoms with E-state index in [9.17, 15) is 4.79 Å². The van der Waals surface area contributed by atoms with Gasteiger partial charge in [0.25, 0.3) is 5.91 Å². The predicted molar refractivity (Wildman–Crippen MR) is 135 cm³/mol. The third kappa shape index (κ3) is 3.87. The quantitative estimate of drug-likeness (QED) is 0.510. The Balaban J connectivity index is 1.34. The first kappa shape index (κ1) is 23.7. The van der Waals surface area contributed by atoms with E-state index in [4.69, 9.17) is 26.6 Å². The smallest absolute Gasteiger partial charge is 0.256 e. The van der Waals surface area contributed by atoms with E-state index < -0.39 is 0 Å². The maximum atomic E-state index is 13.4. The molecule has 5 nitrogen and oxygen atoms in total. The van der Waals surface area contributed by atoms with E-state index in [1.54, 1.807) is 18.2 Å². The molecular formula is C29H30ClN3O2. The molecule has 0 saturated heterocycles. The molecule has 5 rings (SSSR count). The number of carbonyl (C=O) groups excluding carboxylic acids is 1. The normalized spacial score (nSPS) is 27.6. The summed E-state index contributed by atoms with van der Waals surface area (Å²) in [6.45, 7) is 11.3. The molecule has 0 atom stereocenters. The first-order valence-electron chi connectivity index (χ1n) is 12.2. The minimum atomic E-state index is -0.300.